The number of nitrogens with zero attached hydrogens (tertiary/aromatic N) is 3. The summed E-state index contributed by atoms with van der Waals surface area (Å²) in [4.78, 5) is 19.8. The zero-order chi connectivity index (χ0) is 21.7. The largest absolute Gasteiger partial charge is 0.450 e. The van der Waals surface area contributed by atoms with Crippen LogP contribution in [0.1, 0.15) is 71.1 Å². The van der Waals surface area contributed by atoms with Gasteiger partial charge < -0.3 is 15.4 Å². The van der Waals surface area contributed by atoms with Crippen molar-refractivity contribution in [2.24, 2.45) is 4.99 Å². The number of rotatable bonds is 15. The second-order valence-electron chi connectivity index (χ2n) is 7.07. The van der Waals surface area contributed by atoms with Gasteiger partial charge in [-0.3, -0.25) is 15.3 Å². The van der Waals surface area contributed by atoms with Crippen molar-refractivity contribution >= 4 is 17.7 Å². The summed E-state index contributed by atoms with van der Waals surface area (Å²) in [5.41, 5.74) is 0.843. The van der Waals surface area contributed by atoms with Crippen LogP contribution in [0.15, 0.2) is 29.5 Å². The molecule has 0 aromatic carbocycles. The summed E-state index contributed by atoms with van der Waals surface area (Å²) in [5, 5.41) is 17.3. The molecule has 0 aliphatic rings. The molecule has 0 radical (unpaired) electrons. The molecular formula is C22H36N6O2. The molecule has 0 unspecified atom stereocenters. The Morgan fingerprint density at radius 2 is 1.73 bits per heavy atom. The van der Waals surface area contributed by atoms with Crippen molar-refractivity contribution in [3.05, 3.63) is 24.5 Å². The third kappa shape index (κ3) is 14.2. The average Bonchev–Trinajstić information content (AvgIpc) is 2.75. The van der Waals surface area contributed by atoms with Crippen LogP contribution in [0, 0.1) is 11.5 Å². The van der Waals surface area contributed by atoms with Crippen LogP contribution in [0.2, 0.25) is 0 Å². The Morgan fingerprint density at radius 1 is 1.07 bits per heavy atom. The molecule has 0 bridgehead atoms. The Balaban J connectivity index is 1.96. The van der Waals surface area contributed by atoms with Crippen LogP contribution in [-0.4, -0.2) is 36.7 Å². The van der Waals surface area contributed by atoms with Crippen molar-refractivity contribution in [1.82, 2.24) is 15.6 Å². The molecule has 0 atom stereocenters. The number of aliphatic imine (C=N–C) groups is 1. The lowest BCUT2D eigenvalue weighted by molar-refractivity contribution is 0.144. The van der Waals surface area contributed by atoms with Crippen LogP contribution in [0.25, 0.3) is 0 Å². The van der Waals surface area contributed by atoms with Crippen molar-refractivity contribution in [3.63, 3.8) is 0 Å². The highest BCUT2D eigenvalue weighted by molar-refractivity contribution is 5.94. The van der Waals surface area contributed by atoms with Crippen LogP contribution in [0.3, 0.4) is 0 Å². The average molecular weight is 417 g/mol. The van der Waals surface area contributed by atoms with Gasteiger partial charge in [0.1, 0.15) is 0 Å². The highest BCUT2D eigenvalue weighted by Gasteiger charge is 2.00. The number of hydrogen-bond acceptors (Lipinski definition) is 5. The number of hydrogen-bond donors (Lipinski definition) is 3. The zero-order valence-electron chi connectivity index (χ0n) is 18.2. The van der Waals surface area contributed by atoms with Crippen LogP contribution in [0.4, 0.5) is 10.5 Å². The molecule has 1 aromatic heterocycles. The van der Waals surface area contributed by atoms with E-state index in [0.717, 1.165) is 44.2 Å². The first-order chi connectivity index (χ1) is 14.8. The molecule has 30 heavy (non-hydrogen) atoms. The fourth-order valence-electron chi connectivity index (χ4n) is 2.77. The summed E-state index contributed by atoms with van der Waals surface area (Å²) in [6.45, 7) is 3.95. The Kier molecular flexibility index (Phi) is 15.3. The number of ether oxygens (including phenoxy) is 1. The number of pyridine rings is 1. The number of nitrogens with one attached hydrogen (secondary N) is 3. The first kappa shape index (κ1) is 25.2. The smallest absolute Gasteiger partial charge is 0.407 e. The number of carbonyl (C=O) groups excluding carboxylic acids is 1. The van der Waals surface area contributed by atoms with Gasteiger partial charge in [-0.05, 0) is 31.4 Å². The Morgan fingerprint density at radius 3 is 2.40 bits per heavy atom. The zero-order valence-corrected chi connectivity index (χ0v) is 18.2. The molecule has 1 aromatic rings. The van der Waals surface area contributed by atoms with Gasteiger partial charge in [0.2, 0.25) is 5.96 Å². The number of alkyl carbamates (subject to hydrolysis) is 1. The molecule has 0 saturated carbocycles. The summed E-state index contributed by atoms with van der Waals surface area (Å²) in [5.74, 6) is 0.464. The molecule has 0 aliphatic heterocycles. The normalized spacial score (nSPS) is 10.9. The molecule has 3 N–H and O–H groups in total. The van der Waals surface area contributed by atoms with Gasteiger partial charge in [0.15, 0.2) is 6.19 Å². The number of carbonyl (C=O) groups is 1. The minimum Gasteiger partial charge on any atom is -0.450 e. The van der Waals surface area contributed by atoms with Crippen molar-refractivity contribution in [3.8, 4) is 6.19 Å². The molecule has 0 spiro atoms. The van der Waals surface area contributed by atoms with Gasteiger partial charge in [-0.15, -0.1) is 0 Å². The molecular weight excluding hydrogens is 380 g/mol. The van der Waals surface area contributed by atoms with Crippen LogP contribution >= 0.6 is 0 Å². The van der Waals surface area contributed by atoms with Gasteiger partial charge in [0.25, 0.3) is 0 Å². The lowest BCUT2D eigenvalue weighted by Crippen LogP contribution is -2.27. The topological polar surface area (TPSA) is 111 Å². The lowest BCUT2D eigenvalue weighted by atomic mass is 10.1. The summed E-state index contributed by atoms with van der Waals surface area (Å²) in [6, 6.07) is 3.65. The second kappa shape index (κ2) is 18.2. The number of unbranched alkanes of at least 4 members (excludes halogenated alkanes) is 8. The predicted octanol–water partition coefficient (Wildman–Crippen LogP) is 4.57. The van der Waals surface area contributed by atoms with Crippen molar-refractivity contribution < 1.29 is 9.53 Å². The number of nitriles is 1. The van der Waals surface area contributed by atoms with Crippen molar-refractivity contribution in [1.29, 1.82) is 5.26 Å². The van der Waals surface area contributed by atoms with Crippen LogP contribution in [0.5, 0.6) is 0 Å². The first-order valence-corrected chi connectivity index (χ1v) is 11.0. The van der Waals surface area contributed by atoms with Gasteiger partial charge >= 0.3 is 6.09 Å². The Hall–Kier alpha value is -2.82. The summed E-state index contributed by atoms with van der Waals surface area (Å²) in [7, 11) is 0. The van der Waals surface area contributed by atoms with E-state index in [4.69, 9.17) is 10.00 Å². The fraction of sp³-hybridized carbons (Fsp3) is 0.636. The number of guanidine groups is 1. The SMILES string of the molecule is CCCCOC(=O)NCCCCCCCCCCN=C(NC#N)Nc1ccncc1. The van der Waals surface area contributed by atoms with Gasteiger partial charge in [0.05, 0.1) is 6.61 Å². The lowest BCUT2D eigenvalue weighted by Gasteiger charge is -2.07. The first-order valence-electron chi connectivity index (χ1n) is 11.0. The minimum atomic E-state index is -0.296. The Labute approximate surface area is 180 Å². The van der Waals surface area contributed by atoms with Gasteiger partial charge in [-0.2, -0.15) is 5.26 Å². The number of amides is 1. The van der Waals surface area contributed by atoms with Crippen molar-refractivity contribution in [2.75, 3.05) is 25.0 Å². The Bertz CT molecular complexity index is 630. The highest BCUT2D eigenvalue weighted by atomic mass is 16.5. The summed E-state index contributed by atoms with van der Waals surface area (Å²) >= 11 is 0. The summed E-state index contributed by atoms with van der Waals surface area (Å²) in [6.07, 6.45) is 16.0. The molecule has 0 saturated heterocycles. The van der Waals surface area contributed by atoms with E-state index in [2.05, 4.69) is 32.9 Å². The minimum absolute atomic E-state index is 0.296. The summed E-state index contributed by atoms with van der Waals surface area (Å²) < 4.78 is 5.05. The van der Waals surface area contributed by atoms with E-state index in [9.17, 15) is 4.79 Å². The van der Waals surface area contributed by atoms with Crippen molar-refractivity contribution in [2.45, 2.75) is 71.1 Å². The molecule has 1 heterocycles. The maximum Gasteiger partial charge on any atom is 0.407 e. The van der Waals surface area contributed by atoms with E-state index in [0.29, 0.717) is 25.7 Å². The van der Waals surface area contributed by atoms with Crippen LogP contribution < -0.4 is 16.0 Å². The van der Waals surface area contributed by atoms with Crippen LogP contribution in [-0.2, 0) is 4.74 Å². The van der Waals surface area contributed by atoms with E-state index in [1.807, 2.05) is 18.3 Å². The molecule has 8 heteroatoms. The van der Waals surface area contributed by atoms with E-state index in [1.165, 1.54) is 25.7 Å². The standard InChI is InChI=1S/C22H36N6O2/c1-2-3-18-30-22(29)26-15-11-9-7-5-4-6-8-10-14-25-21(27-19-23)28-20-12-16-24-17-13-20/h12-13,16-17H,2-11,14-15,18H2,1H3,(H,26,29)(H2,24,25,27,28). The maximum absolute atomic E-state index is 11.4. The molecule has 0 fully saturated rings. The van der Waals surface area contributed by atoms with E-state index in [1.54, 1.807) is 12.4 Å². The fourth-order valence-corrected chi connectivity index (χ4v) is 2.77. The maximum atomic E-state index is 11.4. The highest BCUT2D eigenvalue weighted by Crippen LogP contribution is 2.09. The number of anilines is 1. The molecule has 0 aliphatic carbocycles. The monoisotopic (exact) mass is 416 g/mol. The van der Waals surface area contributed by atoms with Gasteiger partial charge in [0, 0.05) is 31.2 Å². The molecule has 8 nitrogen and oxygen atoms in total. The quantitative estimate of drug-likeness (QED) is 0.127. The predicted molar refractivity (Wildman–Crippen MR) is 120 cm³/mol. The third-order valence-corrected chi connectivity index (χ3v) is 4.47. The van der Waals surface area contributed by atoms with E-state index >= 15 is 0 Å². The molecule has 1 rings (SSSR count). The van der Waals surface area contributed by atoms with Gasteiger partial charge in [-0.25, -0.2) is 4.79 Å². The molecule has 166 valence electrons. The number of aromatic nitrogens is 1. The third-order valence-electron chi connectivity index (χ3n) is 4.47. The van der Waals surface area contributed by atoms with Gasteiger partial charge in [-0.1, -0.05) is 51.9 Å². The second-order valence-corrected chi connectivity index (χ2v) is 7.07. The van der Waals surface area contributed by atoms with E-state index in [-0.39, 0.29) is 6.09 Å². The molecule has 1 amide bonds. The van der Waals surface area contributed by atoms with E-state index < -0.39 is 0 Å².